The lowest BCUT2D eigenvalue weighted by Gasteiger charge is -2.46. The molecule has 3 aromatic rings. The minimum absolute atomic E-state index is 0.0821. The highest BCUT2D eigenvalue weighted by Gasteiger charge is 2.39. The molecule has 0 fully saturated rings. The van der Waals surface area contributed by atoms with E-state index in [9.17, 15) is 19.1 Å². The molecule has 36 heavy (non-hydrogen) atoms. The van der Waals surface area contributed by atoms with Gasteiger partial charge in [-0.05, 0) is 31.0 Å². The normalized spacial score (nSPS) is 14.8. The topological polar surface area (TPSA) is 75.0 Å². The van der Waals surface area contributed by atoms with Crippen LogP contribution in [0.15, 0.2) is 72.2 Å². The number of ether oxygens (including phenoxy) is 1. The third-order valence-electron chi connectivity index (χ3n) is 6.26. The van der Waals surface area contributed by atoms with Gasteiger partial charge in [0.05, 0.1) is 12.6 Å². The first kappa shape index (κ1) is 25.3. The van der Waals surface area contributed by atoms with E-state index in [-0.39, 0.29) is 35.8 Å². The number of rotatable bonds is 8. The van der Waals surface area contributed by atoms with Gasteiger partial charge in [0.25, 0.3) is 5.91 Å². The van der Waals surface area contributed by atoms with Crippen molar-refractivity contribution in [2.45, 2.75) is 32.4 Å². The van der Waals surface area contributed by atoms with Crippen LogP contribution in [0.4, 0.5) is 4.39 Å². The summed E-state index contributed by atoms with van der Waals surface area (Å²) in [6.07, 6.45) is 3.67. The summed E-state index contributed by atoms with van der Waals surface area (Å²) in [6.45, 7) is 7.88. The molecule has 2 heterocycles. The summed E-state index contributed by atoms with van der Waals surface area (Å²) in [7, 11) is 0. The molecule has 0 aliphatic carbocycles. The van der Waals surface area contributed by atoms with E-state index in [1.54, 1.807) is 24.0 Å². The molecule has 1 aromatic heterocycles. The van der Waals surface area contributed by atoms with Crippen molar-refractivity contribution in [3.8, 4) is 11.5 Å². The molecule has 9 heteroatoms. The molecule has 1 N–H and O–H groups in total. The molecule has 2 atom stereocenters. The number of halogens is 2. The number of amides is 1. The van der Waals surface area contributed by atoms with E-state index in [1.165, 1.54) is 23.0 Å². The van der Waals surface area contributed by atoms with Crippen LogP contribution in [-0.2, 0) is 0 Å². The van der Waals surface area contributed by atoms with Crippen molar-refractivity contribution in [1.82, 2.24) is 9.58 Å². The van der Waals surface area contributed by atoms with Crippen molar-refractivity contribution in [1.29, 1.82) is 0 Å². The largest absolute Gasteiger partial charge is 0.502 e. The van der Waals surface area contributed by atoms with E-state index in [0.717, 1.165) is 5.56 Å². The Morgan fingerprint density at radius 1 is 1.17 bits per heavy atom. The Hall–Kier alpha value is -3.78. The summed E-state index contributed by atoms with van der Waals surface area (Å²) in [4.78, 5) is 27.4. The summed E-state index contributed by atoms with van der Waals surface area (Å²) in [5, 5.41) is 12.3. The molecule has 7 nitrogen and oxygen atoms in total. The van der Waals surface area contributed by atoms with Crippen LogP contribution in [0.1, 0.15) is 47.9 Å². The molecule has 1 aliphatic rings. The van der Waals surface area contributed by atoms with Gasteiger partial charge in [-0.1, -0.05) is 54.9 Å². The number of hydrogen-bond donors (Lipinski definition) is 1. The van der Waals surface area contributed by atoms with Gasteiger partial charge in [0.2, 0.25) is 5.43 Å². The van der Waals surface area contributed by atoms with Crippen molar-refractivity contribution in [2.75, 3.05) is 18.3 Å². The van der Waals surface area contributed by atoms with Gasteiger partial charge in [0.1, 0.15) is 29.3 Å². The van der Waals surface area contributed by atoms with Gasteiger partial charge >= 0.3 is 0 Å². The summed E-state index contributed by atoms with van der Waals surface area (Å²) < 4.78 is 21.8. The first-order valence-electron chi connectivity index (χ1n) is 11.6. The third kappa shape index (κ3) is 4.33. The number of pyridine rings is 1. The zero-order valence-electron chi connectivity index (χ0n) is 20.0. The van der Waals surface area contributed by atoms with Crippen LogP contribution in [0.3, 0.4) is 0 Å². The fraction of sp³-hybridized carbons (Fsp3) is 0.259. The number of aromatic nitrogens is 1. The molecular formula is C27H27ClFN3O4. The van der Waals surface area contributed by atoms with Crippen LogP contribution in [-0.4, -0.2) is 39.9 Å². The van der Waals surface area contributed by atoms with Crippen LogP contribution < -0.4 is 15.2 Å². The summed E-state index contributed by atoms with van der Waals surface area (Å²) in [5.41, 5.74) is 0.519. The molecule has 0 bridgehead atoms. The average Bonchev–Trinajstić information content (AvgIpc) is 2.88. The maximum Gasteiger partial charge on any atom is 0.278 e. The maximum absolute atomic E-state index is 14.5. The Balaban J connectivity index is 2.03. The molecule has 188 valence electrons. The molecule has 0 spiro atoms. The van der Waals surface area contributed by atoms with E-state index in [4.69, 9.17) is 16.3 Å². The van der Waals surface area contributed by atoms with Gasteiger partial charge in [0.15, 0.2) is 11.4 Å². The third-order valence-corrected chi connectivity index (χ3v) is 6.61. The fourth-order valence-corrected chi connectivity index (χ4v) is 4.76. The van der Waals surface area contributed by atoms with Gasteiger partial charge in [-0.3, -0.25) is 19.3 Å². The second kappa shape index (κ2) is 10.5. The SMILES string of the molecule is C=C[C@H](CC)N1CN([C@H](c2ccccc2)c2ccc(F)c(Cl)c2OCC)n2ccc(=O)c(O)c2C1=O. The Kier molecular flexibility index (Phi) is 7.35. The standard InChI is InChI=1S/C27H27ClFN3O4/c1-4-18(5-2)30-16-32(31-15-14-21(33)25(34)24(31)27(30)35)23(17-10-8-7-9-11-17)19-12-13-20(29)22(28)26(19)36-6-3/h4,7-15,18,23,34H,1,5-6,16H2,2-3H3/t18-,23-/m1/s1. The number of benzene rings is 2. The first-order chi connectivity index (χ1) is 17.3. The number of carbonyl (C=O) groups is 1. The fourth-order valence-electron chi connectivity index (χ4n) is 4.53. The summed E-state index contributed by atoms with van der Waals surface area (Å²) in [6, 6.07) is 12.5. The average molecular weight is 512 g/mol. The van der Waals surface area contributed by atoms with Crippen LogP contribution in [0.25, 0.3) is 0 Å². The number of carbonyl (C=O) groups excluding carboxylic acids is 1. The lowest BCUT2D eigenvalue weighted by Crippen LogP contribution is -2.57. The first-order valence-corrected chi connectivity index (χ1v) is 12.0. The quantitative estimate of drug-likeness (QED) is 0.438. The van der Waals surface area contributed by atoms with Gasteiger partial charge in [-0.15, -0.1) is 6.58 Å². The predicted molar refractivity (Wildman–Crippen MR) is 137 cm³/mol. The molecule has 0 unspecified atom stereocenters. The molecule has 2 aromatic carbocycles. The molecule has 0 radical (unpaired) electrons. The Bertz CT molecular complexity index is 1340. The monoisotopic (exact) mass is 511 g/mol. The highest BCUT2D eigenvalue weighted by atomic mass is 35.5. The van der Waals surface area contributed by atoms with Crippen LogP contribution >= 0.6 is 11.6 Å². The van der Waals surface area contributed by atoms with Crippen molar-refractivity contribution < 1.29 is 19.0 Å². The van der Waals surface area contributed by atoms with Crippen molar-refractivity contribution in [3.63, 3.8) is 0 Å². The van der Waals surface area contributed by atoms with Gasteiger partial charge < -0.3 is 14.7 Å². The molecule has 1 amide bonds. The lowest BCUT2D eigenvalue weighted by atomic mass is 9.96. The molecule has 0 saturated carbocycles. The van der Waals surface area contributed by atoms with Crippen LogP contribution in [0.5, 0.6) is 11.5 Å². The van der Waals surface area contributed by atoms with Gasteiger partial charge in [0, 0.05) is 17.8 Å². The number of hydrogen-bond acceptors (Lipinski definition) is 5. The zero-order valence-corrected chi connectivity index (χ0v) is 20.8. The predicted octanol–water partition coefficient (Wildman–Crippen LogP) is 4.85. The maximum atomic E-state index is 14.5. The summed E-state index contributed by atoms with van der Waals surface area (Å²) in [5.74, 6) is -1.59. The highest BCUT2D eigenvalue weighted by Crippen LogP contribution is 2.41. The molecule has 0 saturated heterocycles. The van der Waals surface area contributed by atoms with Crippen LogP contribution in [0, 0.1) is 5.82 Å². The molecule has 4 rings (SSSR count). The molecule has 1 aliphatic heterocycles. The Morgan fingerprint density at radius 3 is 2.53 bits per heavy atom. The van der Waals surface area contributed by atoms with Gasteiger partial charge in [-0.25, -0.2) is 4.39 Å². The molecular weight excluding hydrogens is 485 g/mol. The number of fused-ring (bicyclic) bond motifs is 1. The van der Waals surface area contributed by atoms with Gasteiger partial charge in [-0.2, -0.15) is 0 Å². The second-order valence-corrected chi connectivity index (χ2v) is 8.69. The zero-order chi connectivity index (χ0) is 26.0. The van der Waals surface area contributed by atoms with E-state index in [2.05, 4.69) is 6.58 Å². The number of aromatic hydroxyl groups is 1. The summed E-state index contributed by atoms with van der Waals surface area (Å²) >= 11 is 6.36. The Morgan fingerprint density at radius 2 is 1.89 bits per heavy atom. The smallest absolute Gasteiger partial charge is 0.278 e. The Labute approximate surface area is 213 Å². The minimum Gasteiger partial charge on any atom is -0.502 e. The van der Waals surface area contributed by atoms with E-state index in [0.29, 0.717) is 12.0 Å². The van der Waals surface area contributed by atoms with Crippen molar-refractivity contribution in [3.05, 3.63) is 105 Å². The van der Waals surface area contributed by atoms with Crippen LogP contribution in [0.2, 0.25) is 5.02 Å². The number of nitrogens with zero attached hydrogens (tertiary/aromatic N) is 3. The lowest BCUT2D eigenvalue weighted by molar-refractivity contribution is 0.0626. The second-order valence-electron chi connectivity index (χ2n) is 8.31. The minimum atomic E-state index is -0.667. The van der Waals surface area contributed by atoms with Crippen molar-refractivity contribution >= 4 is 17.5 Å². The van der Waals surface area contributed by atoms with E-state index < -0.39 is 28.9 Å². The van der Waals surface area contributed by atoms with E-state index >= 15 is 0 Å². The van der Waals surface area contributed by atoms with Crippen molar-refractivity contribution in [2.24, 2.45) is 0 Å². The van der Waals surface area contributed by atoms with E-state index in [1.807, 2.05) is 42.3 Å². The highest BCUT2D eigenvalue weighted by molar-refractivity contribution is 6.32.